The number of nitrogens with one attached hydrogen (secondary N) is 1. The van der Waals surface area contributed by atoms with E-state index in [2.05, 4.69) is 40.6 Å². The highest BCUT2D eigenvalue weighted by atomic mass is 16.5. The van der Waals surface area contributed by atoms with Crippen LogP contribution in [0, 0.1) is 16.7 Å². The van der Waals surface area contributed by atoms with Crippen molar-refractivity contribution in [1.29, 1.82) is 5.26 Å². The van der Waals surface area contributed by atoms with Crippen LogP contribution >= 0.6 is 0 Å². The van der Waals surface area contributed by atoms with Gasteiger partial charge in [-0.25, -0.2) is 0 Å². The lowest BCUT2D eigenvalue weighted by Crippen LogP contribution is -2.57. The highest BCUT2D eigenvalue weighted by Crippen LogP contribution is 2.44. The quantitative estimate of drug-likeness (QED) is 0.763. The Bertz CT molecular complexity index is 804. The molecule has 6 rings (SSSR count). The molecule has 0 aromatic heterocycles. The van der Waals surface area contributed by atoms with Crippen molar-refractivity contribution < 1.29 is 15.6 Å². The van der Waals surface area contributed by atoms with Crippen molar-refractivity contribution in [3.05, 3.63) is 29.8 Å². The summed E-state index contributed by atoms with van der Waals surface area (Å²) in [5.74, 6) is 1.57. The molecule has 5 aliphatic rings. The Hall–Kier alpha value is -1.65. The smallest absolute Gasteiger partial charge is 0.122 e. The first-order valence-electron chi connectivity index (χ1n) is 12.6. The van der Waals surface area contributed by atoms with E-state index in [1.54, 1.807) is 0 Å². The number of hydrogen-bond acceptors (Lipinski definition) is 6. The predicted molar refractivity (Wildman–Crippen MR) is 125 cm³/mol. The number of nitriles is 1. The fraction of sp³-hybridized carbons (Fsp3) is 0.731. The second kappa shape index (κ2) is 10.1. The van der Waals surface area contributed by atoms with E-state index in [9.17, 15) is 5.26 Å². The van der Waals surface area contributed by atoms with Crippen molar-refractivity contribution in [3.8, 4) is 11.8 Å². The third-order valence-electron chi connectivity index (χ3n) is 7.97. The SMILES string of the molecule is N#CC1(CN[C@H]2CCCN3COCCOc4ccccc4C4CCC(CC4)OC[C@@H]23)CC1.[HH]. The molecule has 32 heavy (non-hydrogen) atoms. The van der Waals surface area contributed by atoms with Gasteiger partial charge < -0.3 is 19.5 Å². The van der Waals surface area contributed by atoms with Crippen molar-refractivity contribution in [2.75, 3.05) is 39.6 Å². The molecule has 1 aromatic rings. The van der Waals surface area contributed by atoms with Crippen LogP contribution in [0.5, 0.6) is 5.75 Å². The predicted octanol–water partition coefficient (Wildman–Crippen LogP) is 4.07. The molecule has 176 valence electrons. The number of nitrogens with zero attached hydrogens (tertiary/aromatic N) is 2. The van der Waals surface area contributed by atoms with Crippen LogP contribution < -0.4 is 10.1 Å². The summed E-state index contributed by atoms with van der Waals surface area (Å²) >= 11 is 0. The first-order valence-corrected chi connectivity index (χ1v) is 12.6. The summed E-state index contributed by atoms with van der Waals surface area (Å²) < 4.78 is 18.7. The highest BCUT2D eigenvalue weighted by molar-refractivity contribution is 5.36. The minimum absolute atomic E-state index is 0. The van der Waals surface area contributed by atoms with Crippen LogP contribution in [0.2, 0.25) is 0 Å². The summed E-state index contributed by atoms with van der Waals surface area (Å²) in [6.45, 7) is 4.34. The zero-order chi connectivity index (χ0) is 21.8. The molecular formula is C26H39N3O3. The number of benzene rings is 1. The molecule has 3 aliphatic heterocycles. The minimum atomic E-state index is -0.121. The Morgan fingerprint density at radius 2 is 1.97 bits per heavy atom. The fourth-order valence-electron chi connectivity index (χ4n) is 5.67. The van der Waals surface area contributed by atoms with E-state index < -0.39 is 0 Å². The average molecular weight is 442 g/mol. The van der Waals surface area contributed by atoms with Gasteiger partial charge in [-0.1, -0.05) is 18.2 Å². The maximum absolute atomic E-state index is 9.48. The Morgan fingerprint density at radius 1 is 1.12 bits per heavy atom. The van der Waals surface area contributed by atoms with E-state index in [1.165, 1.54) is 5.56 Å². The topological polar surface area (TPSA) is 66.8 Å². The number of para-hydroxylation sites is 1. The molecule has 2 bridgehead atoms. The van der Waals surface area contributed by atoms with Crippen LogP contribution in [0.4, 0.5) is 0 Å². The van der Waals surface area contributed by atoms with E-state index in [0.29, 0.717) is 44.1 Å². The standard InChI is InChI=1S/C26H37N3O3.H2/c27-17-26(11-12-26)18-28-23-5-3-13-29-19-30-14-15-31-25-6-2-1-4-22(25)20-7-9-21(10-8-20)32-16-24(23)29;/h1-2,4,6,20-21,23-24,28H,3,5,7-16,18-19H2;1H/t20?,21?,23-,24-;/m0./s1. The van der Waals surface area contributed by atoms with Gasteiger partial charge in [0.05, 0.1) is 43.6 Å². The van der Waals surface area contributed by atoms with Crippen LogP contribution in [-0.4, -0.2) is 62.7 Å². The number of rotatable bonds is 3. The molecule has 6 heteroatoms. The van der Waals surface area contributed by atoms with E-state index in [1.807, 2.05) is 0 Å². The van der Waals surface area contributed by atoms with Gasteiger partial charge in [0.1, 0.15) is 12.4 Å². The van der Waals surface area contributed by atoms with Gasteiger partial charge in [0, 0.05) is 20.6 Å². The molecule has 0 unspecified atom stereocenters. The molecule has 1 N–H and O–H groups in total. The highest BCUT2D eigenvalue weighted by Gasteiger charge is 2.44. The Balaban J connectivity index is 0.00000259. The monoisotopic (exact) mass is 441 g/mol. The summed E-state index contributed by atoms with van der Waals surface area (Å²) in [7, 11) is 0. The van der Waals surface area contributed by atoms with Crippen molar-refractivity contribution in [3.63, 3.8) is 0 Å². The molecular weight excluding hydrogens is 402 g/mol. The van der Waals surface area contributed by atoms with Crippen LogP contribution in [0.3, 0.4) is 0 Å². The van der Waals surface area contributed by atoms with Gasteiger partial charge in [0.2, 0.25) is 0 Å². The molecule has 2 aliphatic carbocycles. The third kappa shape index (κ3) is 5.12. The Kier molecular flexibility index (Phi) is 6.99. The molecule has 6 nitrogen and oxygen atoms in total. The molecule has 1 aromatic carbocycles. The van der Waals surface area contributed by atoms with Crippen molar-refractivity contribution in [1.82, 2.24) is 10.2 Å². The van der Waals surface area contributed by atoms with E-state index in [4.69, 9.17) is 14.2 Å². The molecule has 2 atom stereocenters. The number of hydrogen-bond donors (Lipinski definition) is 1. The molecule has 1 saturated heterocycles. The summed E-state index contributed by atoms with van der Waals surface area (Å²) in [5, 5.41) is 13.2. The lowest BCUT2D eigenvalue weighted by molar-refractivity contribution is -0.0705. The summed E-state index contributed by atoms with van der Waals surface area (Å²) in [4.78, 5) is 2.44. The van der Waals surface area contributed by atoms with Gasteiger partial charge in [0.15, 0.2) is 0 Å². The van der Waals surface area contributed by atoms with E-state index >= 15 is 0 Å². The Labute approximate surface area is 193 Å². The van der Waals surface area contributed by atoms with Crippen molar-refractivity contribution >= 4 is 0 Å². The van der Waals surface area contributed by atoms with Gasteiger partial charge in [-0.2, -0.15) is 5.26 Å². The second-order valence-electron chi connectivity index (χ2n) is 10.1. The fourth-order valence-corrected chi connectivity index (χ4v) is 5.67. The number of piperidine rings is 1. The number of ether oxygens (including phenoxy) is 3. The summed E-state index contributed by atoms with van der Waals surface area (Å²) in [5.41, 5.74) is 1.22. The summed E-state index contributed by atoms with van der Waals surface area (Å²) in [6.07, 6.45) is 9.21. The van der Waals surface area contributed by atoms with Gasteiger partial charge in [-0.05, 0) is 68.9 Å². The maximum Gasteiger partial charge on any atom is 0.122 e. The van der Waals surface area contributed by atoms with Gasteiger partial charge >= 0.3 is 0 Å². The van der Waals surface area contributed by atoms with Gasteiger partial charge in [-0.15, -0.1) is 0 Å². The largest absolute Gasteiger partial charge is 0.491 e. The Morgan fingerprint density at radius 3 is 2.78 bits per heavy atom. The lowest BCUT2D eigenvalue weighted by Gasteiger charge is -2.42. The maximum atomic E-state index is 9.48. The van der Waals surface area contributed by atoms with Crippen LogP contribution in [-0.2, 0) is 9.47 Å². The van der Waals surface area contributed by atoms with Crippen LogP contribution in [0.25, 0.3) is 0 Å². The van der Waals surface area contributed by atoms with E-state index in [0.717, 1.165) is 76.8 Å². The lowest BCUT2D eigenvalue weighted by atomic mass is 9.82. The minimum Gasteiger partial charge on any atom is -0.491 e. The molecule has 0 amide bonds. The molecule has 3 heterocycles. The third-order valence-corrected chi connectivity index (χ3v) is 7.97. The zero-order valence-electron chi connectivity index (χ0n) is 19.1. The average Bonchev–Trinajstić information content (AvgIpc) is 3.62. The van der Waals surface area contributed by atoms with Gasteiger partial charge in [-0.3, -0.25) is 4.90 Å². The first kappa shape index (κ1) is 22.2. The van der Waals surface area contributed by atoms with Crippen molar-refractivity contribution in [2.24, 2.45) is 5.41 Å². The summed E-state index contributed by atoms with van der Waals surface area (Å²) in [6, 6.07) is 11.7. The van der Waals surface area contributed by atoms with E-state index in [-0.39, 0.29) is 6.84 Å². The normalized spacial score (nSPS) is 33.0. The molecule has 0 spiro atoms. The molecule has 2 saturated carbocycles. The first-order chi connectivity index (χ1) is 15.8. The van der Waals surface area contributed by atoms with Gasteiger partial charge in [0.25, 0.3) is 0 Å². The second-order valence-corrected chi connectivity index (χ2v) is 10.1. The number of fused-ring (bicyclic) bond motifs is 7. The molecule has 0 radical (unpaired) electrons. The molecule has 3 fully saturated rings. The van der Waals surface area contributed by atoms with Crippen LogP contribution in [0.1, 0.15) is 64.3 Å². The van der Waals surface area contributed by atoms with Crippen molar-refractivity contribution in [2.45, 2.75) is 75.5 Å². The van der Waals surface area contributed by atoms with Crippen LogP contribution in [0.15, 0.2) is 24.3 Å². The zero-order valence-corrected chi connectivity index (χ0v) is 19.1.